The van der Waals surface area contributed by atoms with Crippen LogP contribution in [0.5, 0.6) is 0 Å². The lowest BCUT2D eigenvalue weighted by atomic mass is 9.98. The van der Waals surface area contributed by atoms with Crippen molar-refractivity contribution in [3.8, 4) is 22.4 Å². The SMILES string of the molecule is Nc1c(-c2ccc(-c3ccccc3)c(F)c2)nc2ccccc2c1C(=O)O. The molecule has 132 valence electrons. The average molecular weight is 358 g/mol. The van der Waals surface area contributed by atoms with Crippen LogP contribution in [0.2, 0.25) is 0 Å². The van der Waals surface area contributed by atoms with E-state index in [0.29, 0.717) is 22.0 Å². The van der Waals surface area contributed by atoms with E-state index >= 15 is 0 Å². The number of nitrogen functional groups attached to an aromatic ring is 1. The molecule has 1 aromatic heterocycles. The first-order valence-corrected chi connectivity index (χ1v) is 8.33. The van der Waals surface area contributed by atoms with Crippen LogP contribution in [-0.2, 0) is 0 Å². The van der Waals surface area contributed by atoms with Gasteiger partial charge in [0.1, 0.15) is 5.82 Å². The second kappa shape index (κ2) is 6.53. The van der Waals surface area contributed by atoms with E-state index in [1.807, 2.05) is 30.3 Å². The largest absolute Gasteiger partial charge is 0.478 e. The van der Waals surface area contributed by atoms with E-state index < -0.39 is 11.8 Å². The highest BCUT2D eigenvalue weighted by Gasteiger charge is 2.19. The molecule has 4 rings (SSSR count). The summed E-state index contributed by atoms with van der Waals surface area (Å²) < 4.78 is 14.7. The zero-order valence-corrected chi connectivity index (χ0v) is 14.2. The molecule has 4 aromatic rings. The predicted molar refractivity (Wildman–Crippen MR) is 104 cm³/mol. The van der Waals surface area contributed by atoms with Crippen molar-refractivity contribution in [3.05, 3.63) is 84.2 Å². The molecule has 0 saturated carbocycles. The Balaban J connectivity index is 1.92. The molecule has 0 radical (unpaired) electrons. The van der Waals surface area contributed by atoms with Gasteiger partial charge in [0.15, 0.2) is 0 Å². The zero-order valence-electron chi connectivity index (χ0n) is 14.2. The molecule has 0 aliphatic carbocycles. The van der Waals surface area contributed by atoms with Crippen LogP contribution in [0, 0.1) is 5.82 Å². The van der Waals surface area contributed by atoms with Gasteiger partial charge >= 0.3 is 5.97 Å². The van der Waals surface area contributed by atoms with E-state index in [-0.39, 0.29) is 16.9 Å². The Kier molecular flexibility index (Phi) is 4.05. The number of para-hydroxylation sites is 1. The number of carboxylic acid groups (broad SMARTS) is 1. The fourth-order valence-electron chi connectivity index (χ4n) is 3.19. The van der Waals surface area contributed by atoms with Crippen LogP contribution in [0.3, 0.4) is 0 Å². The van der Waals surface area contributed by atoms with Crippen molar-refractivity contribution in [2.75, 3.05) is 5.73 Å². The van der Waals surface area contributed by atoms with E-state index in [9.17, 15) is 14.3 Å². The van der Waals surface area contributed by atoms with Gasteiger partial charge in [0.2, 0.25) is 0 Å². The minimum atomic E-state index is -1.14. The second-order valence-electron chi connectivity index (χ2n) is 6.13. The minimum absolute atomic E-state index is 0.0214. The molecule has 0 aliphatic heterocycles. The number of benzene rings is 3. The third-order valence-electron chi connectivity index (χ3n) is 4.47. The highest BCUT2D eigenvalue weighted by molar-refractivity contribution is 6.09. The topological polar surface area (TPSA) is 76.2 Å². The van der Waals surface area contributed by atoms with Crippen molar-refractivity contribution in [2.24, 2.45) is 0 Å². The lowest BCUT2D eigenvalue weighted by Crippen LogP contribution is -2.07. The number of rotatable bonds is 3. The molecule has 0 bridgehead atoms. The molecule has 0 unspecified atom stereocenters. The Morgan fingerprint density at radius 2 is 1.63 bits per heavy atom. The number of hydrogen-bond acceptors (Lipinski definition) is 3. The maximum atomic E-state index is 14.7. The third-order valence-corrected chi connectivity index (χ3v) is 4.47. The van der Waals surface area contributed by atoms with Crippen LogP contribution in [0.25, 0.3) is 33.3 Å². The molecule has 0 amide bonds. The number of aromatic carboxylic acids is 1. The van der Waals surface area contributed by atoms with Crippen molar-refractivity contribution in [2.45, 2.75) is 0 Å². The summed E-state index contributed by atoms with van der Waals surface area (Å²) in [5, 5.41) is 10.1. The molecule has 4 nitrogen and oxygen atoms in total. The maximum Gasteiger partial charge on any atom is 0.338 e. The standard InChI is InChI=1S/C22H15FN2O2/c23-17-12-14(10-11-15(17)13-6-2-1-3-7-13)21-20(24)19(22(26)27)16-8-4-5-9-18(16)25-21/h1-12H,24H2,(H,26,27). The monoisotopic (exact) mass is 358 g/mol. The molecule has 0 fully saturated rings. The van der Waals surface area contributed by atoms with Crippen molar-refractivity contribution in [3.63, 3.8) is 0 Å². The summed E-state index contributed by atoms with van der Waals surface area (Å²) in [4.78, 5) is 16.2. The average Bonchev–Trinajstić information content (AvgIpc) is 2.67. The number of aromatic nitrogens is 1. The first-order chi connectivity index (χ1) is 13.1. The van der Waals surface area contributed by atoms with Crippen molar-refractivity contribution in [1.29, 1.82) is 0 Å². The predicted octanol–water partition coefficient (Wildman–Crippen LogP) is 4.99. The van der Waals surface area contributed by atoms with Gasteiger partial charge in [-0.3, -0.25) is 0 Å². The lowest BCUT2D eigenvalue weighted by Gasteiger charge is -2.12. The number of hydrogen-bond donors (Lipinski definition) is 2. The smallest absolute Gasteiger partial charge is 0.338 e. The van der Waals surface area contributed by atoms with Crippen LogP contribution < -0.4 is 5.73 Å². The summed E-state index contributed by atoms with van der Waals surface area (Å²) in [6.45, 7) is 0. The van der Waals surface area contributed by atoms with Gasteiger partial charge in [-0.05, 0) is 17.7 Å². The second-order valence-corrected chi connectivity index (χ2v) is 6.13. The quantitative estimate of drug-likeness (QED) is 0.541. The van der Waals surface area contributed by atoms with Gasteiger partial charge in [-0.1, -0.05) is 60.7 Å². The summed E-state index contributed by atoms with van der Waals surface area (Å²) in [7, 11) is 0. The Labute approximate surface area is 154 Å². The first kappa shape index (κ1) is 16.7. The number of nitrogens with two attached hydrogens (primary N) is 1. The van der Waals surface area contributed by atoms with Gasteiger partial charge in [0.25, 0.3) is 0 Å². The number of pyridine rings is 1. The van der Waals surface area contributed by atoms with Crippen molar-refractivity contribution < 1.29 is 14.3 Å². The number of anilines is 1. The highest BCUT2D eigenvalue weighted by atomic mass is 19.1. The molecule has 3 aromatic carbocycles. The maximum absolute atomic E-state index is 14.7. The van der Waals surface area contributed by atoms with Gasteiger partial charge in [-0.15, -0.1) is 0 Å². The van der Waals surface area contributed by atoms with Crippen LogP contribution in [-0.4, -0.2) is 16.1 Å². The normalized spacial score (nSPS) is 10.9. The molecule has 0 aliphatic rings. The third kappa shape index (κ3) is 2.89. The van der Waals surface area contributed by atoms with Gasteiger partial charge in [-0.2, -0.15) is 0 Å². The Morgan fingerprint density at radius 3 is 2.33 bits per heavy atom. The van der Waals surface area contributed by atoms with E-state index in [2.05, 4.69) is 4.98 Å². The summed E-state index contributed by atoms with van der Waals surface area (Å²) in [5.41, 5.74) is 8.50. The van der Waals surface area contributed by atoms with Crippen LogP contribution >= 0.6 is 0 Å². The fraction of sp³-hybridized carbons (Fsp3) is 0. The van der Waals surface area contributed by atoms with E-state index in [1.54, 1.807) is 36.4 Å². The Hall–Kier alpha value is -3.73. The van der Waals surface area contributed by atoms with Gasteiger partial charge < -0.3 is 10.8 Å². The molecule has 0 atom stereocenters. The molecule has 0 saturated heterocycles. The van der Waals surface area contributed by atoms with Crippen molar-refractivity contribution in [1.82, 2.24) is 4.98 Å². The van der Waals surface area contributed by atoms with Crippen LogP contribution in [0.1, 0.15) is 10.4 Å². The molecule has 0 spiro atoms. The number of nitrogens with zero attached hydrogens (tertiary/aromatic N) is 1. The van der Waals surface area contributed by atoms with Crippen LogP contribution in [0.15, 0.2) is 72.8 Å². The number of fused-ring (bicyclic) bond motifs is 1. The Bertz CT molecular complexity index is 1170. The van der Waals surface area contributed by atoms with Gasteiger partial charge in [0.05, 0.1) is 22.5 Å². The first-order valence-electron chi connectivity index (χ1n) is 8.33. The molecule has 3 N–H and O–H groups in total. The summed E-state index contributed by atoms with van der Waals surface area (Å²) >= 11 is 0. The molecular weight excluding hydrogens is 343 g/mol. The molecule has 1 heterocycles. The van der Waals surface area contributed by atoms with Crippen LogP contribution in [0.4, 0.5) is 10.1 Å². The highest BCUT2D eigenvalue weighted by Crippen LogP contribution is 2.34. The fourth-order valence-corrected chi connectivity index (χ4v) is 3.19. The lowest BCUT2D eigenvalue weighted by molar-refractivity contribution is 0.0700. The zero-order chi connectivity index (χ0) is 19.0. The van der Waals surface area contributed by atoms with E-state index in [0.717, 1.165) is 5.56 Å². The number of carboxylic acids is 1. The van der Waals surface area contributed by atoms with Gasteiger partial charge in [0, 0.05) is 16.5 Å². The minimum Gasteiger partial charge on any atom is -0.478 e. The number of halogens is 1. The van der Waals surface area contributed by atoms with Crippen molar-refractivity contribution >= 4 is 22.6 Å². The molecular formula is C22H15FN2O2. The summed E-state index contributed by atoms with van der Waals surface area (Å²) in [6, 6.07) is 20.7. The Morgan fingerprint density at radius 1 is 0.926 bits per heavy atom. The van der Waals surface area contributed by atoms with Gasteiger partial charge in [-0.25, -0.2) is 14.2 Å². The number of carbonyl (C=O) groups is 1. The van der Waals surface area contributed by atoms with E-state index in [4.69, 9.17) is 5.73 Å². The summed E-state index contributed by atoms with van der Waals surface area (Å²) in [6.07, 6.45) is 0. The van der Waals surface area contributed by atoms with E-state index in [1.165, 1.54) is 6.07 Å². The summed E-state index contributed by atoms with van der Waals surface area (Å²) in [5.74, 6) is -1.57. The molecule has 27 heavy (non-hydrogen) atoms. The molecule has 5 heteroatoms.